The van der Waals surface area contributed by atoms with Crippen LogP contribution >= 0.6 is 11.6 Å². The number of amides is 1. The fourth-order valence-corrected chi connectivity index (χ4v) is 5.28. The molecule has 172 valence electrons. The van der Waals surface area contributed by atoms with Gasteiger partial charge in [-0.25, -0.2) is 8.42 Å². The summed E-state index contributed by atoms with van der Waals surface area (Å²) in [4.78, 5) is 26.4. The first-order valence-corrected chi connectivity index (χ1v) is 11.9. The molecule has 10 heteroatoms. The normalized spacial score (nSPS) is 14.7. The molecular formula is C22H25ClN2O6S. The summed E-state index contributed by atoms with van der Waals surface area (Å²) < 4.78 is 37.8. The van der Waals surface area contributed by atoms with Crippen LogP contribution in [0.5, 0.6) is 5.75 Å². The van der Waals surface area contributed by atoms with E-state index >= 15 is 0 Å². The number of sulfonamides is 1. The van der Waals surface area contributed by atoms with E-state index in [1.54, 1.807) is 35.2 Å². The third-order valence-electron chi connectivity index (χ3n) is 5.42. The zero-order valence-corrected chi connectivity index (χ0v) is 19.4. The minimum atomic E-state index is -4.04. The van der Waals surface area contributed by atoms with Crippen molar-refractivity contribution in [2.75, 3.05) is 38.2 Å². The zero-order chi connectivity index (χ0) is 23.3. The Morgan fingerprint density at radius 1 is 1.09 bits per heavy atom. The summed E-state index contributed by atoms with van der Waals surface area (Å²) in [5, 5.41) is 0.226. The molecule has 1 amide bonds. The van der Waals surface area contributed by atoms with E-state index in [0.717, 1.165) is 4.31 Å². The number of rotatable bonds is 7. The molecule has 0 unspecified atom stereocenters. The lowest BCUT2D eigenvalue weighted by molar-refractivity contribution is -0.148. The van der Waals surface area contributed by atoms with Crippen molar-refractivity contribution < 1.29 is 27.5 Å². The van der Waals surface area contributed by atoms with Gasteiger partial charge in [0.1, 0.15) is 12.3 Å². The van der Waals surface area contributed by atoms with E-state index in [0.29, 0.717) is 31.7 Å². The lowest BCUT2D eigenvalue weighted by atomic mass is 9.97. The number of carbonyl (C=O) groups excluding carboxylic acids is 2. The van der Waals surface area contributed by atoms with Crippen molar-refractivity contribution in [2.45, 2.75) is 17.7 Å². The monoisotopic (exact) mass is 480 g/mol. The highest BCUT2D eigenvalue weighted by atomic mass is 35.5. The molecule has 3 rings (SSSR count). The van der Waals surface area contributed by atoms with Crippen molar-refractivity contribution in [1.82, 2.24) is 4.90 Å². The molecule has 32 heavy (non-hydrogen) atoms. The van der Waals surface area contributed by atoms with Gasteiger partial charge < -0.3 is 14.4 Å². The molecule has 0 bridgehead atoms. The minimum Gasteiger partial charge on any atom is -0.495 e. The van der Waals surface area contributed by atoms with Crippen molar-refractivity contribution in [3.05, 3.63) is 53.6 Å². The molecule has 0 aliphatic carbocycles. The first kappa shape index (κ1) is 23.9. The van der Waals surface area contributed by atoms with E-state index in [-0.39, 0.29) is 33.4 Å². The number of halogens is 1. The number of hydrogen-bond acceptors (Lipinski definition) is 6. The van der Waals surface area contributed by atoms with Gasteiger partial charge in [-0.1, -0.05) is 29.8 Å². The summed E-state index contributed by atoms with van der Waals surface area (Å²) in [6, 6.07) is 12.4. The molecule has 1 aliphatic heterocycles. The Morgan fingerprint density at radius 3 is 2.31 bits per heavy atom. The number of nitrogens with zero attached hydrogens (tertiary/aromatic N) is 2. The molecule has 0 atom stereocenters. The van der Waals surface area contributed by atoms with Crippen molar-refractivity contribution in [3.8, 4) is 5.75 Å². The van der Waals surface area contributed by atoms with Crippen molar-refractivity contribution in [3.63, 3.8) is 0 Å². The molecule has 0 aromatic heterocycles. The highest BCUT2D eigenvalue weighted by Crippen LogP contribution is 2.32. The standard InChI is InChI=1S/C22H25ClN2O6S/c1-30-20-9-8-17(14-19(20)23)25(32(28,29)18-6-4-3-5-7-18)15-21(26)24-12-10-16(11-13-24)22(27)31-2/h3-9,14,16H,10-13,15H2,1-2H3. The predicted molar refractivity (Wildman–Crippen MR) is 120 cm³/mol. The largest absolute Gasteiger partial charge is 0.495 e. The van der Waals surface area contributed by atoms with Gasteiger partial charge in [0.15, 0.2) is 0 Å². The molecule has 0 N–H and O–H groups in total. The fourth-order valence-electron chi connectivity index (χ4n) is 3.60. The Hall–Kier alpha value is -2.78. The molecule has 8 nitrogen and oxygen atoms in total. The van der Waals surface area contributed by atoms with Crippen molar-refractivity contribution in [2.24, 2.45) is 5.92 Å². The number of piperidine rings is 1. The van der Waals surface area contributed by atoms with Crippen molar-refractivity contribution >= 4 is 39.2 Å². The molecule has 1 heterocycles. The van der Waals surface area contributed by atoms with Crippen LogP contribution < -0.4 is 9.04 Å². The Balaban J connectivity index is 1.88. The van der Waals surface area contributed by atoms with Crippen LogP contribution in [0.15, 0.2) is 53.4 Å². The molecule has 1 aliphatic rings. The second-order valence-electron chi connectivity index (χ2n) is 7.32. The maximum Gasteiger partial charge on any atom is 0.308 e. The molecular weight excluding hydrogens is 456 g/mol. The van der Waals surface area contributed by atoms with Crippen LogP contribution in [0.4, 0.5) is 5.69 Å². The molecule has 2 aromatic carbocycles. The van der Waals surface area contributed by atoms with Crippen LogP contribution in [0.1, 0.15) is 12.8 Å². The SMILES string of the molecule is COC(=O)C1CCN(C(=O)CN(c2ccc(OC)c(Cl)c2)S(=O)(=O)c2ccccc2)CC1. The van der Waals surface area contributed by atoms with Crippen LogP contribution in [-0.2, 0) is 24.3 Å². The maximum atomic E-state index is 13.4. The van der Waals surface area contributed by atoms with E-state index in [4.69, 9.17) is 21.1 Å². The molecule has 0 radical (unpaired) electrons. The average Bonchev–Trinajstić information content (AvgIpc) is 2.82. The minimum absolute atomic E-state index is 0.0594. The third-order valence-corrected chi connectivity index (χ3v) is 7.50. The Labute approximate surface area is 192 Å². The third kappa shape index (κ3) is 5.16. The highest BCUT2D eigenvalue weighted by molar-refractivity contribution is 7.92. The van der Waals surface area contributed by atoms with Gasteiger partial charge in [-0.3, -0.25) is 13.9 Å². The molecule has 0 spiro atoms. The lowest BCUT2D eigenvalue weighted by Gasteiger charge is -2.33. The van der Waals surface area contributed by atoms with Crippen LogP contribution in [0.2, 0.25) is 5.02 Å². The number of methoxy groups -OCH3 is 2. The Bertz CT molecular complexity index is 1070. The van der Waals surface area contributed by atoms with Crippen molar-refractivity contribution in [1.29, 1.82) is 0 Å². The van der Waals surface area contributed by atoms with Crippen LogP contribution in [-0.4, -0.2) is 59.0 Å². The number of likely N-dealkylation sites (tertiary alicyclic amines) is 1. The molecule has 1 saturated heterocycles. The second-order valence-corrected chi connectivity index (χ2v) is 9.59. The summed E-state index contributed by atoms with van der Waals surface area (Å²) in [5.41, 5.74) is 0.248. The summed E-state index contributed by atoms with van der Waals surface area (Å²) >= 11 is 6.23. The second kappa shape index (κ2) is 10.2. The topological polar surface area (TPSA) is 93.2 Å². The summed E-state index contributed by atoms with van der Waals surface area (Å²) in [6.45, 7) is 0.297. The number of hydrogen-bond donors (Lipinski definition) is 0. The zero-order valence-electron chi connectivity index (χ0n) is 17.9. The molecule has 2 aromatic rings. The number of esters is 1. The molecule has 0 saturated carbocycles. The summed E-state index contributed by atoms with van der Waals surface area (Å²) in [6.07, 6.45) is 0.941. The molecule has 1 fully saturated rings. The first-order chi connectivity index (χ1) is 15.3. The van der Waals surface area contributed by atoms with E-state index in [1.165, 1.54) is 32.4 Å². The Morgan fingerprint density at radius 2 is 1.75 bits per heavy atom. The highest BCUT2D eigenvalue weighted by Gasteiger charge is 2.32. The summed E-state index contributed by atoms with van der Waals surface area (Å²) in [5.74, 6) is -0.518. The quantitative estimate of drug-likeness (QED) is 0.565. The van der Waals surface area contributed by atoms with E-state index in [9.17, 15) is 18.0 Å². The maximum absolute atomic E-state index is 13.4. The average molecular weight is 481 g/mol. The summed E-state index contributed by atoms with van der Waals surface area (Å²) in [7, 11) is -1.24. The van der Waals surface area contributed by atoms with Crippen LogP contribution in [0, 0.1) is 5.92 Å². The predicted octanol–water partition coefficient (Wildman–Crippen LogP) is 2.96. The van der Waals surface area contributed by atoms with Crippen LogP contribution in [0.3, 0.4) is 0 Å². The Kier molecular flexibility index (Phi) is 7.63. The smallest absolute Gasteiger partial charge is 0.308 e. The number of anilines is 1. The van der Waals surface area contributed by atoms with Gasteiger partial charge in [-0.15, -0.1) is 0 Å². The van der Waals surface area contributed by atoms with Gasteiger partial charge in [0, 0.05) is 13.1 Å². The fraction of sp³-hybridized carbons (Fsp3) is 0.364. The number of ether oxygens (including phenoxy) is 2. The lowest BCUT2D eigenvalue weighted by Crippen LogP contribution is -2.46. The van der Waals surface area contributed by atoms with Gasteiger partial charge in [-0.2, -0.15) is 0 Å². The van der Waals surface area contributed by atoms with Gasteiger partial charge in [0.2, 0.25) is 5.91 Å². The van der Waals surface area contributed by atoms with Gasteiger partial charge in [0.05, 0.1) is 35.7 Å². The first-order valence-electron chi connectivity index (χ1n) is 10.0. The van der Waals surface area contributed by atoms with E-state index in [2.05, 4.69) is 0 Å². The van der Waals surface area contributed by atoms with E-state index < -0.39 is 16.6 Å². The van der Waals surface area contributed by atoms with Crippen LogP contribution in [0.25, 0.3) is 0 Å². The van der Waals surface area contributed by atoms with Gasteiger partial charge in [-0.05, 0) is 43.2 Å². The van der Waals surface area contributed by atoms with Gasteiger partial charge in [0.25, 0.3) is 10.0 Å². The number of benzene rings is 2. The van der Waals surface area contributed by atoms with Gasteiger partial charge >= 0.3 is 5.97 Å². The van der Waals surface area contributed by atoms with E-state index in [1.807, 2.05) is 0 Å². The number of carbonyl (C=O) groups is 2.